The van der Waals surface area contributed by atoms with Crippen LogP contribution < -0.4 is 5.32 Å². The second-order valence-corrected chi connectivity index (χ2v) is 7.01. The topological polar surface area (TPSA) is 49.4 Å². The van der Waals surface area contributed by atoms with Crippen LogP contribution in [-0.2, 0) is 22.6 Å². The lowest BCUT2D eigenvalue weighted by Crippen LogP contribution is -2.49. The van der Waals surface area contributed by atoms with Crippen LogP contribution in [0.5, 0.6) is 0 Å². The fourth-order valence-corrected chi connectivity index (χ4v) is 2.75. The van der Waals surface area contributed by atoms with E-state index in [4.69, 9.17) is 0 Å². The van der Waals surface area contributed by atoms with Crippen molar-refractivity contribution < 1.29 is 9.59 Å². The van der Waals surface area contributed by atoms with Crippen LogP contribution in [0.15, 0.2) is 54.6 Å². The molecular formula is C22H28N2O2. The number of hydrogen-bond donors (Lipinski definition) is 1. The average molecular weight is 352 g/mol. The van der Waals surface area contributed by atoms with Gasteiger partial charge in [0.2, 0.25) is 11.8 Å². The first-order valence-corrected chi connectivity index (χ1v) is 9.06. The molecule has 0 aliphatic carbocycles. The molecule has 0 aromatic heterocycles. The normalized spacial score (nSPS) is 11.9. The molecule has 0 aliphatic heterocycles. The summed E-state index contributed by atoms with van der Waals surface area (Å²) < 4.78 is 0. The molecule has 2 aromatic carbocycles. The zero-order valence-electron chi connectivity index (χ0n) is 16.0. The van der Waals surface area contributed by atoms with Gasteiger partial charge in [-0.25, -0.2) is 0 Å². The molecule has 0 spiro atoms. The number of carbonyl (C=O) groups excluding carboxylic acids is 2. The summed E-state index contributed by atoms with van der Waals surface area (Å²) in [6.07, 6.45) is 0.284. The monoisotopic (exact) mass is 352 g/mol. The van der Waals surface area contributed by atoms with E-state index in [1.54, 1.807) is 11.8 Å². The maximum Gasteiger partial charge on any atom is 0.242 e. The summed E-state index contributed by atoms with van der Waals surface area (Å²) in [6.45, 7) is 8.05. The number of carbonyl (C=O) groups is 2. The SMILES string of the molecule is Cc1ccc(CC(=O)N(Cc2ccccc2)[C@H](C)C(=O)NC(C)C)cc1. The number of nitrogens with zero attached hydrogens (tertiary/aromatic N) is 1. The quantitative estimate of drug-likeness (QED) is 0.829. The van der Waals surface area contributed by atoms with Crippen molar-refractivity contribution in [2.45, 2.75) is 52.7 Å². The molecule has 4 heteroatoms. The number of amides is 2. The Kier molecular flexibility index (Phi) is 6.96. The minimum Gasteiger partial charge on any atom is -0.352 e. The Morgan fingerprint density at radius 2 is 1.54 bits per heavy atom. The molecule has 0 heterocycles. The van der Waals surface area contributed by atoms with Crippen LogP contribution in [-0.4, -0.2) is 28.8 Å². The van der Waals surface area contributed by atoms with Gasteiger partial charge in [-0.15, -0.1) is 0 Å². The Morgan fingerprint density at radius 1 is 0.923 bits per heavy atom. The van der Waals surface area contributed by atoms with Crippen LogP contribution in [0.2, 0.25) is 0 Å². The van der Waals surface area contributed by atoms with Crippen molar-refractivity contribution in [1.82, 2.24) is 10.2 Å². The van der Waals surface area contributed by atoms with E-state index in [0.29, 0.717) is 6.54 Å². The molecule has 0 saturated carbocycles. The molecule has 0 saturated heterocycles. The van der Waals surface area contributed by atoms with Gasteiger partial charge in [0.1, 0.15) is 6.04 Å². The smallest absolute Gasteiger partial charge is 0.242 e. The van der Waals surface area contributed by atoms with Gasteiger partial charge in [-0.1, -0.05) is 60.2 Å². The van der Waals surface area contributed by atoms with Crippen LogP contribution >= 0.6 is 0 Å². The molecule has 4 nitrogen and oxygen atoms in total. The highest BCUT2D eigenvalue weighted by atomic mass is 16.2. The van der Waals surface area contributed by atoms with Crippen LogP contribution in [0.3, 0.4) is 0 Å². The van der Waals surface area contributed by atoms with Crippen molar-refractivity contribution >= 4 is 11.8 Å². The van der Waals surface area contributed by atoms with Crippen LogP contribution in [0, 0.1) is 6.92 Å². The number of hydrogen-bond acceptors (Lipinski definition) is 2. The first-order valence-electron chi connectivity index (χ1n) is 9.06. The minimum atomic E-state index is -0.532. The van der Waals surface area contributed by atoms with E-state index in [1.807, 2.05) is 75.4 Å². The summed E-state index contributed by atoms with van der Waals surface area (Å²) in [5, 5.41) is 2.90. The molecule has 2 amide bonds. The van der Waals surface area contributed by atoms with E-state index in [0.717, 1.165) is 16.7 Å². The summed E-state index contributed by atoms with van der Waals surface area (Å²) in [5.74, 6) is -0.183. The van der Waals surface area contributed by atoms with Crippen molar-refractivity contribution in [3.8, 4) is 0 Å². The fraction of sp³-hybridized carbons (Fsp3) is 0.364. The van der Waals surface area contributed by atoms with E-state index in [2.05, 4.69) is 5.32 Å². The van der Waals surface area contributed by atoms with Crippen LogP contribution in [0.25, 0.3) is 0 Å². The zero-order valence-corrected chi connectivity index (χ0v) is 16.0. The lowest BCUT2D eigenvalue weighted by molar-refractivity contribution is -0.140. The predicted octanol–water partition coefficient (Wildman–Crippen LogP) is 3.48. The van der Waals surface area contributed by atoms with Crippen molar-refractivity contribution in [1.29, 1.82) is 0 Å². The summed E-state index contributed by atoms with van der Waals surface area (Å²) in [6, 6.07) is 17.2. The molecule has 2 aromatic rings. The maximum absolute atomic E-state index is 13.0. The van der Waals surface area contributed by atoms with Crippen LogP contribution in [0.4, 0.5) is 0 Å². The third-order valence-electron chi connectivity index (χ3n) is 4.27. The molecule has 0 radical (unpaired) electrons. The predicted molar refractivity (Wildman–Crippen MR) is 105 cm³/mol. The largest absolute Gasteiger partial charge is 0.352 e. The third-order valence-corrected chi connectivity index (χ3v) is 4.27. The second kappa shape index (κ2) is 9.18. The highest BCUT2D eigenvalue weighted by Crippen LogP contribution is 2.13. The molecule has 1 atom stereocenters. The van der Waals surface area contributed by atoms with Gasteiger partial charge in [0.25, 0.3) is 0 Å². The van der Waals surface area contributed by atoms with Gasteiger partial charge >= 0.3 is 0 Å². The first kappa shape index (κ1) is 19.7. The zero-order chi connectivity index (χ0) is 19.1. The summed E-state index contributed by atoms with van der Waals surface area (Å²) in [5.41, 5.74) is 3.12. The third kappa shape index (κ3) is 5.73. The van der Waals surface area contributed by atoms with Gasteiger partial charge in [0, 0.05) is 12.6 Å². The van der Waals surface area contributed by atoms with E-state index in [9.17, 15) is 9.59 Å². The van der Waals surface area contributed by atoms with Gasteiger partial charge in [0.15, 0.2) is 0 Å². The highest BCUT2D eigenvalue weighted by Gasteiger charge is 2.26. The Morgan fingerprint density at radius 3 is 2.12 bits per heavy atom. The van der Waals surface area contributed by atoms with Crippen molar-refractivity contribution in [3.63, 3.8) is 0 Å². The van der Waals surface area contributed by atoms with Gasteiger partial charge in [0.05, 0.1) is 6.42 Å². The van der Waals surface area contributed by atoms with Crippen molar-refractivity contribution in [2.75, 3.05) is 0 Å². The molecule has 138 valence electrons. The lowest BCUT2D eigenvalue weighted by Gasteiger charge is -2.29. The van der Waals surface area contributed by atoms with E-state index in [1.165, 1.54) is 0 Å². The Labute approximate surface area is 156 Å². The molecule has 0 bridgehead atoms. The maximum atomic E-state index is 13.0. The summed E-state index contributed by atoms with van der Waals surface area (Å²) in [7, 11) is 0. The average Bonchev–Trinajstić information content (AvgIpc) is 2.61. The summed E-state index contributed by atoms with van der Waals surface area (Å²) >= 11 is 0. The number of aryl methyl sites for hydroxylation is 1. The van der Waals surface area contributed by atoms with Crippen molar-refractivity contribution in [2.24, 2.45) is 0 Å². The lowest BCUT2D eigenvalue weighted by atomic mass is 10.1. The van der Waals surface area contributed by atoms with Gasteiger partial charge in [-0.2, -0.15) is 0 Å². The molecule has 0 unspecified atom stereocenters. The molecule has 2 rings (SSSR count). The van der Waals surface area contributed by atoms with E-state index < -0.39 is 6.04 Å². The molecule has 0 fully saturated rings. The van der Waals surface area contributed by atoms with Crippen molar-refractivity contribution in [3.05, 3.63) is 71.3 Å². The second-order valence-electron chi connectivity index (χ2n) is 7.01. The van der Waals surface area contributed by atoms with Gasteiger partial charge in [-0.3, -0.25) is 9.59 Å². The summed E-state index contributed by atoms with van der Waals surface area (Å²) in [4.78, 5) is 27.1. The Bertz CT molecular complexity index is 724. The number of nitrogens with one attached hydrogen (secondary N) is 1. The fourth-order valence-electron chi connectivity index (χ4n) is 2.75. The standard InChI is InChI=1S/C22H28N2O2/c1-16(2)23-22(26)18(4)24(15-20-8-6-5-7-9-20)21(25)14-19-12-10-17(3)11-13-19/h5-13,16,18H,14-15H2,1-4H3,(H,23,26)/t18-/m1/s1. The number of benzene rings is 2. The molecule has 26 heavy (non-hydrogen) atoms. The van der Waals surface area contributed by atoms with Gasteiger partial charge < -0.3 is 10.2 Å². The molecule has 0 aliphatic rings. The Hall–Kier alpha value is -2.62. The first-order chi connectivity index (χ1) is 12.4. The molecular weight excluding hydrogens is 324 g/mol. The van der Waals surface area contributed by atoms with E-state index >= 15 is 0 Å². The van der Waals surface area contributed by atoms with Crippen LogP contribution in [0.1, 0.15) is 37.5 Å². The number of rotatable bonds is 7. The Balaban J connectivity index is 2.19. The minimum absolute atomic E-state index is 0.0377. The highest BCUT2D eigenvalue weighted by molar-refractivity contribution is 5.88. The van der Waals surface area contributed by atoms with E-state index in [-0.39, 0.29) is 24.3 Å². The van der Waals surface area contributed by atoms with Gasteiger partial charge in [-0.05, 0) is 38.8 Å². The molecule has 1 N–H and O–H groups in total.